The van der Waals surface area contributed by atoms with Crippen LogP contribution in [0.5, 0.6) is 11.5 Å². The predicted octanol–water partition coefficient (Wildman–Crippen LogP) is 5.34. The Bertz CT molecular complexity index is 1150. The van der Waals surface area contributed by atoms with Gasteiger partial charge in [0.1, 0.15) is 18.1 Å². The molecule has 0 atom stereocenters. The van der Waals surface area contributed by atoms with E-state index in [1.165, 1.54) is 24.9 Å². The Morgan fingerprint density at radius 1 is 0.816 bits per heavy atom. The molecule has 7 nitrogen and oxygen atoms in total. The summed E-state index contributed by atoms with van der Waals surface area (Å²) in [5.74, 6) is 1.37. The standard InChI is InChI=1S/C31H37N3O4/c35-31(32-24-25-5-4-6-28(23-25)34-15-2-1-3-16-34)38-30-13-9-27(10-14-30)26-7-11-29(12-8-26)37-22-19-33-17-20-36-21-18-33/h4-14,23H,1-3,15-22,24H2,(H,32,35). The first-order valence-electron chi connectivity index (χ1n) is 13.7. The zero-order valence-electron chi connectivity index (χ0n) is 21.9. The maximum Gasteiger partial charge on any atom is 0.412 e. The molecule has 1 N–H and O–H groups in total. The molecule has 2 aliphatic rings. The Hall–Kier alpha value is -3.55. The molecule has 0 unspecified atom stereocenters. The molecule has 2 aliphatic heterocycles. The Morgan fingerprint density at radius 2 is 1.50 bits per heavy atom. The maximum atomic E-state index is 12.4. The maximum absolute atomic E-state index is 12.4. The van der Waals surface area contributed by atoms with Crippen LogP contribution in [0.25, 0.3) is 11.1 Å². The van der Waals surface area contributed by atoms with Crippen LogP contribution < -0.4 is 19.7 Å². The van der Waals surface area contributed by atoms with E-state index < -0.39 is 6.09 Å². The SMILES string of the molecule is O=C(NCc1cccc(N2CCCCC2)c1)Oc1ccc(-c2ccc(OCCN3CCOCC3)cc2)cc1. The Balaban J connectivity index is 1.07. The summed E-state index contributed by atoms with van der Waals surface area (Å²) in [5.41, 5.74) is 4.41. The highest BCUT2D eigenvalue weighted by Crippen LogP contribution is 2.25. The number of morpholine rings is 1. The monoisotopic (exact) mass is 515 g/mol. The van der Waals surface area contributed by atoms with Crippen molar-refractivity contribution >= 4 is 11.8 Å². The zero-order valence-corrected chi connectivity index (χ0v) is 21.9. The number of ether oxygens (including phenoxy) is 3. The van der Waals surface area contributed by atoms with Crippen LogP contribution in [0.1, 0.15) is 24.8 Å². The fraction of sp³-hybridized carbons (Fsp3) is 0.387. The smallest absolute Gasteiger partial charge is 0.412 e. The van der Waals surface area contributed by atoms with E-state index in [2.05, 4.69) is 33.3 Å². The van der Waals surface area contributed by atoms with Gasteiger partial charge < -0.3 is 24.4 Å². The number of piperidine rings is 1. The summed E-state index contributed by atoms with van der Waals surface area (Å²) in [6.45, 7) is 7.74. The summed E-state index contributed by atoms with van der Waals surface area (Å²) in [5, 5.41) is 2.86. The van der Waals surface area contributed by atoms with Gasteiger partial charge in [-0.2, -0.15) is 0 Å². The minimum atomic E-state index is -0.459. The second-order valence-electron chi connectivity index (χ2n) is 9.81. The fourth-order valence-corrected chi connectivity index (χ4v) is 4.91. The largest absolute Gasteiger partial charge is 0.492 e. The number of carbonyl (C=O) groups is 1. The molecule has 0 saturated carbocycles. The molecule has 0 spiro atoms. The van der Waals surface area contributed by atoms with Crippen LogP contribution in [-0.2, 0) is 11.3 Å². The molecule has 0 radical (unpaired) electrons. The van der Waals surface area contributed by atoms with Crippen molar-refractivity contribution in [3.8, 4) is 22.6 Å². The summed E-state index contributed by atoms with van der Waals surface area (Å²) < 4.78 is 16.8. The second-order valence-corrected chi connectivity index (χ2v) is 9.81. The number of hydrogen-bond acceptors (Lipinski definition) is 6. The molecule has 2 saturated heterocycles. The molecule has 1 amide bonds. The van der Waals surface area contributed by atoms with E-state index in [0.717, 1.165) is 68.4 Å². The van der Waals surface area contributed by atoms with Gasteiger partial charge in [-0.3, -0.25) is 4.90 Å². The first-order chi connectivity index (χ1) is 18.7. The van der Waals surface area contributed by atoms with E-state index in [4.69, 9.17) is 14.2 Å². The van der Waals surface area contributed by atoms with Gasteiger partial charge in [-0.1, -0.05) is 36.4 Å². The van der Waals surface area contributed by atoms with E-state index in [9.17, 15) is 4.79 Å². The third-order valence-electron chi connectivity index (χ3n) is 7.10. The number of carbonyl (C=O) groups excluding carboxylic acids is 1. The first-order valence-corrected chi connectivity index (χ1v) is 13.7. The number of benzene rings is 3. The minimum Gasteiger partial charge on any atom is -0.492 e. The Morgan fingerprint density at radius 3 is 2.21 bits per heavy atom. The highest BCUT2D eigenvalue weighted by atomic mass is 16.6. The predicted molar refractivity (Wildman–Crippen MR) is 150 cm³/mol. The third kappa shape index (κ3) is 7.49. The van der Waals surface area contributed by atoms with Crippen molar-refractivity contribution in [2.45, 2.75) is 25.8 Å². The van der Waals surface area contributed by atoms with Crippen molar-refractivity contribution in [3.05, 3.63) is 78.4 Å². The van der Waals surface area contributed by atoms with Crippen LogP contribution in [0.2, 0.25) is 0 Å². The van der Waals surface area contributed by atoms with Gasteiger partial charge in [-0.25, -0.2) is 4.79 Å². The molecule has 3 aromatic carbocycles. The molecule has 200 valence electrons. The van der Waals surface area contributed by atoms with Crippen LogP contribution in [0.15, 0.2) is 72.8 Å². The molecular weight excluding hydrogens is 478 g/mol. The normalized spacial score (nSPS) is 16.2. The van der Waals surface area contributed by atoms with Gasteiger partial charge in [0, 0.05) is 45.0 Å². The molecule has 2 heterocycles. The lowest BCUT2D eigenvalue weighted by molar-refractivity contribution is 0.0322. The lowest BCUT2D eigenvalue weighted by atomic mass is 10.1. The molecular formula is C31H37N3O4. The third-order valence-corrected chi connectivity index (χ3v) is 7.10. The summed E-state index contributed by atoms with van der Waals surface area (Å²) in [7, 11) is 0. The van der Waals surface area contributed by atoms with Crippen molar-refractivity contribution in [2.75, 3.05) is 57.4 Å². The van der Waals surface area contributed by atoms with Gasteiger partial charge in [0.2, 0.25) is 0 Å². The first kappa shape index (κ1) is 26.1. The molecule has 0 aromatic heterocycles. The molecule has 0 bridgehead atoms. The van der Waals surface area contributed by atoms with Gasteiger partial charge >= 0.3 is 6.09 Å². The second kappa shape index (κ2) is 13.3. The van der Waals surface area contributed by atoms with Crippen LogP contribution in [-0.4, -0.2) is 63.5 Å². The number of amides is 1. The van der Waals surface area contributed by atoms with Gasteiger partial charge in [0.15, 0.2) is 0 Å². The van der Waals surface area contributed by atoms with Crippen molar-refractivity contribution < 1.29 is 19.0 Å². The van der Waals surface area contributed by atoms with E-state index in [0.29, 0.717) is 18.9 Å². The fourth-order valence-electron chi connectivity index (χ4n) is 4.91. The number of anilines is 1. The Kier molecular flexibility index (Phi) is 9.13. The van der Waals surface area contributed by atoms with Gasteiger partial charge in [-0.05, 0) is 72.4 Å². The average Bonchev–Trinajstić information content (AvgIpc) is 2.98. The number of rotatable bonds is 9. The highest BCUT2D eigenvalue weighted by Gasteiger charge is 2.12. The summed E-state index contributed by atoms with van der Waals surface area (Å²) >= 11 is 0. The van der Waals surface area contributed by atoms with Crippen molar-refractivity contribution in [3.63, 3.8) is 0 Å². The number of nitrogens with zero attached hydrogens (tertiary/aromatic N) is 2. The van der Waals surface area contributed by atoms with Crippen LogP contribution in [0.4, 0.5) is 10.5 Å². The van der Waals surface area contributed by atoms with E-state index in [1.54, 1.807) is 0 Å². The van der Waals surface area contributed by atoms with Crippen molar-refractivity contribution in [1.29, 1.82) is 0 Å². The van der Waals surface area contributed by atoms with E-state index in [1.807, 2.05) is 54.6 Å². The van der Waals surface area contributed by atoms with Crippen LogP contribution in [0, 0.1) is 0 Å². The van der Waals surface area contributed by atoms with Gasteiger partial charge in [0.25, 0.3) is 0 Å². The summed E-state index contributed by atoms with van der Waals surface area (Å²) in [6.07, 6.45) is 3.33. The molecule has 3 aromatic rings. The van der Waals surface area contributed by atoms with Gasteiger partial charge in [-0.15, -0.1) is 0 Å². The molecule has 2 fully saturated rings. The van der Waals surface area contributed by atoms with Gasteiger partial charge in [0.05, 0.1) is 13.2 Å². The van der Waals surface area contributed by atoms with Crippen LogP contribution >= 0.6 is 0 Å². The summed E-state index contributed by atoms with van der Waals surface area (Å²) in [4.78, 5) is 17.2. The summed E-state index contributed by atoms with van der Waals surface area (Å²) in [6, 6.07) is 24.0. The highest BCUT2D eigenvalue weighted by molar-refractivity contribution is 5.71. The van der Waals surface area contributed by atoms with Crippen molar-refractivity contribution in [1.82, 2.24) is 10.2 Å². The lowest BCUT2D eigenvalue weighted by Gasteiger charge is -2.29. The van der Waals surface area contributed by atoms with E-state index in [-0.39, 0.29) is 0 Å². The molecule has 5 rings (SSSR count). The average molecular weight is 516 g/mol. The quantitative estimate of drug-likeness (QED) is 0.415. The number of hydrogen-bond donors (Lipinski definition) is 1. The topological polar surface area (TPSA) is 63.3 Å². The van der Waals surface area contributed by atoms with E-state index >= 15 is 0 Å². The lowest BCUT2D eigenvalue weighted by Crippen LogP contribution is -2.38. The Labute approximate surface area is 225 Å². The molecule has 7 heteroatoms. The number of nitrogens with one attached hydrogen (secondary N) is 1. The minimum absolute atomic E-state index is 0.430. The van der Waals surface area contributed by atoms with Crippen molar-refractivity contribution in [2.24, 2.45) is 0 Å². The molecule has 0 aliphatic carbocycles. The molecule has 38 heavy (non-hydrogen) atoms. The zero-order chi connectivity index (χ0) is 26.0. The van der Waals surface area contributed by atoms with Crippen LogP contribution in [0.3, 0.4) is 0 Å².